The van der Waals surface area contributed by atoms with Crippen molar-refractivity contribution in [2.24, 2.45) is 0 Å². The number of amides is 1. The maximum absolute atomic E-state index is 12.2. The molecule has 1 aromatic heterocycles. The van der Waals surface area contributed by atoms with Crippen LogP contribution in [0.2, 0.25) is 0 Å². The van der Waals surface area contributed by atoms with Gasteiger partial charge < -0.3 is 5.32 Å². The predicted molar refractivity (Wildman–Crippen MR) is 94.4 cm³/mol. The van der Waals surface area contributed by atoms with Gasteiger partial charge in [0.15, 0.2) is 0 Å². The highest BCUT2D eigenvalue weighted by Gasteiger charge is 2.16. The number of thiophene rings is 1. The fraction of sp³-hybridized carbons (Fsp3) is 0.267. The lowest BCUT2D eigenvalue weighted by Gasteiger charge is -2.06. The van der Waals surface area contributed by atoms with Crippen molar-refractivity contribution < 1.29 is 4.79 Å². The molecule has 0 saturated heterocycles. The summed E-state index contributed by atoms with van der Waals surface area (Å²) in [7, 11) is 0. The quantitative estimate of drug-likeness (QED) is 0.668. The van der Waals surface area contributed by atoms with Crippen molar-refractivity contribution >= 4 is 55.8 Å². The number of nitrogens with one attached hydrogen (secondary N) is 1. The van der Waals surface area contributed by atoms with Gasteiger partial charge in [0.05, 0.1) is 12.1 Å². The molecule has 104 valence electrons. The third-order valence-corrected chi connectivity index (χ3v) is 5.99. The topological polar surface area (TPSA) is 29.1 Å². The van der Waals surface area contributed by atoms with Crippen LogP contribution in [0.15, 0.2) is 28.7 Å². The van der Waals surface area contributed by atoms with Crippen LogP contribution >= 0.6 is 49.9 Å². The van der Waals surface area contributed by atoms with E-state index in [0.717, 1.165) is 8.04 Å². The van der Waals surface area contributed by atoms with Crippen LogP contribution in [0.1, 0.15) is 32.1 Å². The third kappa shape index (κ3) is 3.09. The van der Waals surface area contributed by atoms with Gasteiger partial charge in [-0.3, -0.25) is 4.79 Å². The molecule has 0 atom stereocenters. The first-order valence-electron chi connectivity index (χ1n) is 6.47. The Balaban J connectivity index is 1.68. The predicted octanol–water partition coefficient (Wildman–Crippen LogP) is 4.53. The van der Waals surface area contributed by atoms with E-state index in [0.29, 0.717) is 12.1 Å². The fourth-order valence-corrected chi connectivity index (χ4v) is 4.53. The summed E-state index contributed by atoms with van der Waals surface area (Å²) in [5.41, 5.74) is 2.18. The molecule has 0 radical (unpaired) electrons. The lowest BCUT2D eigenvalue weighted by Crippen LogP contribution is -2.22. The van der Waals surface area contributed by atoms with E-state index in [1.165, 1.54) is 34.6 Å². The van der Waals surface area contributed by atoms with Gasteiger partial charge in [-0.2, -0.15) is 0 Å². The van der Waals surface area contributed by atoms with Crippen molar-refractivity contribution in [2.45, 2.75) is 25.8 Å². The Labute approximate surface area is 144 Å². The summed E-state index contributed by atoms with van der Waals surface area (Å²) in [5.74, 6) is -0.0241. The highest BCUT2D eigenvalue weighted by atomic mass is 127. The van der Waals surface area contributed by atoms with Crippen LogP contribution in [0.3, 0.4) is 0 Å². The maximum atomic E-state index is 12.2. The van der Waals surface area contributed by atoms with Crippen LogP contribution in [0.4, 0.5) is 0 Å². The molecule has 1 N–H and O–H groups in total. The van der Waals surface area contributed by atoms with E-state index in [9.17, 15) is 4.79 Å². The first-order valence-corrected chi connectivity index (χ1v) is 9.16. The molecule has 1 amide bonds. The van der Waals surface area contributed by atoms with Gasteiger partial charge in [0.1, 0.15) is 0 Å². The summed E-state index contributed by atoms with van der Waals surface area (Å²) in [4.78, 5) is 15.0. The Hall–Kier alpha value is -0.400. The number of halogens is 2. The molecule has 20 heavy (non-hydrogen) atoms. The number of benzene rings is 1. The largest absolute Gasteiger partial charge is 0.347 e. The second-order valence-corrected chi connectivity index (χ2v) is 8.14. The number of fused-ring (bicyclic) bond motifs is 1. The molecule has 1 heterocycles. The van der Waals surface area contributed by atoms with Crippen LogP contribution in [0, 0.1) is 3.57 Å². The molecule has 0 aliphatic heterocycles. The summed E-state index contributed by atoms with van der Waals surface area (Å²) in [6, 6.07) is 8.03. The average Bonchev–Trinajstić information content (AvgIpc) is 2.99. The molecule has 5 heteroatoms. The Morgan fingerprint density at radius 1 is 1.35 bits per heavy atom. The summed E-state index contributed by atoms with van der Waals surface area (Å²) in [5, 5.41) is 3.01. The van der Waals surface area contributed by atoms with Gasteiger partial charge in [-0.1, -0.05) is 0 Å². The molecule has 0 fully saturated rings. The standard InChI is InChI=1S/C15H13BrINOS/c16-13-5-4-10(17)7-12(13)15(19)18-8-11-6-9-2-1-3-14(9)20-11/h4-7H,1-3,8H2,(H,18,19). The van der Waals surface area contributed by atoms with Crippen LogP contribution in [0.5, 0.6) is 0 Å². The van der Waals surface area contributed by atoms with E-state index in [2.05, 4.69) is 49.9 Å². The second kappa shape index (κ2) is 6.15. The molecular weight excluding hydrogens is 449 g/mol. The minimum absolute atomic E-state index is 0.0241. The van der Waals surface area contributed by atoms with E-state index in [1.54, 1.807) is 0 Å². The van der Waals surface area contributed by atoms with E-state index >= 15 is 0 Å². The van der Waals surface area contributed by atoms with Gasteiger partial charge in [0.2, 0.25) is 0 Å². The molecule has 3 rings (SSSR count). The van der Waals surface area contributed by atoms with Gasteiger partial charge in [0, 0.05) is 17.8 Å². The van der Waals surface area contributed by atoms with Crippen LogP contribution in [-0.2, 0) is 19.4 Å². The Bertz CT molecular complexity index is 646. The third-order valence-electron chi connectivity index (χ3n) is 3.39. The summed E-state index contributed by atoms with van der Waals surface area (Å²) < 4.78 is 1.90. The summed E-state index contributed by atoms with van der Waals surface area (Å²) in [6.07, 6.45) is 3.68. The second-order valence-electron chi connectivity index (χ2n) is 4.82. The zero-order valence-electron chi connectivity index (χ0n) is 10.7. The monoisotopic (exact) mass is 461 g/mol. The molecular formula is C15H13BrINOS. The van der Waals surface area contributed by atoms with Gasteiger partial charge in [-0.25, -0.2) is 0 Å². The summed E-state index contributed by atoms with van der Waals surface area (Å²) >= 11 is 7.49. The smallest absolute Gasteiger partial charge is 0.252 e. The maximum Gasteiger partial charge on any atom is 0.252 e. The number of aryl methyl sites for hydroxylation is 2. The first-order chi connectivity index (χ1) is 9.63. The molecule has 0 saturated carbocycles. The van der Waals surface area contributed by atoms with Gasteiger partial charge in [0.25, 0.3) is 5.91 Å². The molecule has 0 unspecified atom stereocenters. The number of hydrogen-bond donors (Lipinski definition) is 1. The molecule has 1 aliphatic rings. The SMILES string of the molecule is O=C(NCc1cc2c(s1)CCC2)c1cc(I)ccc1Br. The lowest BCUT2D eigenvalue weighted by atomic mass is 10.2. The number of hydrogen-bond acceptors (Lipinski definition) is 2. The van der Waals surface area contributed by atoms with E-state index in [-0.39, 0.29) is 5.91 Å². The Kier molecular flexibility index (Phi) is 4.47. The van der Waals surface area contributed by atoms with Crippen molar-refractivity contribution in [3.63, 3.8) is 0 Å². The fourth-order valence-electron chi connectivity index (χ4n) is 2.41. The minimum Gasteiger partial charge on any atom is -0.347 e. The van der Waals surface area contributed by atoms with Crippen molar-refractivity contribution in [2.75, 3.05) is 0 Å². The van der Waals surface area contributed by atoms with Gasteiger partial charge in [-0.05, 0) is 87.6 Å². The van der Waals surface area contributed by atoms with Crippen molar-refractivity contribution in [3.8, 4) is 0 Å². The van der Waals surface area contributed by atoms with Crippen molar-refractivity contribution in [3.05, 3.63) is 53.2 Å². The minimum atomic E-state index is -0.0241. The normalized spacial score (nSPS) is 13.3. The first kappa shape index (κ1) is 14.5. The molecule has 1 aromatic carbocycles. The molecule has 0 bridgehead atoms. The lowest BCUT2D eigenvalue weighted by molar-refractivity contribution is 0.0950. The van der Waals surface area contributed by atoms with E-state index < -0.39 is 0 Å². The molecule has 2 aromatic rings. The summed E-state index contributed by atoms with van der Waals surface area (Å²) in [6.45, 7) is 0.619. The van der Waals surface area contributed by atoms with Crippen molar-refractivity contribution in [1.29, 1.82) is 0 Å². The zero-order chi connectivity index (χ0) is 14.1. The van der Waals surface area contributed by atoms with Gasteiger partial charge >= 0.3 is 0 Å². The van der Waals surface area contributed by atoms with E-state index in [4.69, 9.17) is 0 Å². The average molecular weight is 462 g/mol. The number of carbonyl (C=O) groups excluding carboxylic acids is 1. The number of rotatable bonds is 3. The van der Waals surface area contributed by atoms with Crippen LogP contribution < -0.4 is 5.32 Å². The molecule has 2 nitrogen and oxygen atoms in total. The van der Waals surface area contributed by atoms with E-state index in [1.807, 2.05) is 29.5 Å². The molecule has 1 aliphatic carbocycles. The zero-order valence-corrected chi connectivity index (χ0v) is 15.3. The van der Waals surface area contributed by atoms with Crippen LogP contribution in [-0.4, -0.2) is 5.91 Å². The highest BCUT2D eigenvalue weighted by Crippen LogP contribution is 2.30. The van der Waals surface area contributed by atoms with Crippen molar-refractivity contribution in [1.82, 2.24) is 5.32 Å². The van der Waals surface area contributed by atoms with Crippen LogP contribution in [0.25, 0.3) is 0 Å². The number of carbonyl (C=O) groups is 1. The highest BCUT2D eigenvalue weighted by molar-refractivity contribution is 14.1. The Morgan fingerprint density at radius 2 is 2.20 bits per heavy atom. The molecule has 0 spiro atoms. The van der Waals surface area contributed by atoms with Gasteiger partial charge in [-0.15, -0.1) is 11.3 Å². The Morgan fingerprint density at radius 3 is 3.00 bits per heavy atom.